The molecule has 0 aliphatic rings. The number of hydrogen-bond acceptors (Lipinski definition) is 6. The molecule has 0 saturated carbocycles. The number of carbonyl (C=O) groups excluding carboxylic acids is 3. The SMILES string of the molecule is CC/C=C\C/C=C\C/C=C\C/C=C\C/C=C\C/C=C\CCC(=O)OCC(COC(=O)C/C=C\C/C=C\C/C=C\CC)OC(=O)CCCCCCCCCCCC/C=C\C=C/CCCCC. The molecule has 0 aromatic heterocycles. The molecule has 0 fully saturated rings. The van der Waals surface area contributed by atoms with E-state index in [9.17, 15) is 14.4 Å². The molecule has 0 bridgehead atoms. The highest BCUT2D eigenvalue weighted by Crippen LogP contribution is 2.13. The molecule has 6 nitrogen and oxygen atoms in total. The second-order valence-corrected chi connectivity index (χ2v) is 16.4. The van der Waals surface area contributed by atoms with Crippen molar-refractivity contribution in [3.05, 3.63) is 134 Å². The Morgan fingerprint density at radius 3 is 1.20 bits per heavy atom. The summed E-state index contributed by atoms with van der Waals surface area (Å²) < 4.78 is 16.6. The molecule has 1 atom stereocenters. The van der Waals surface area contributed by atoms with Crippen molar-refractivity contribution in [1.29, 1.82) is 0 Å². The zero-order chi connectivity index (χ0) is 47.2. The summed E-state index contributed by atoms with van der Waals surface area (Å²) in [5, 5.41) is 0. The number of allylic oxidation sites excluding steroid dienone is 21. The Labute approximate surface area is 398 Å². The zero-order valence-electron chi connectivity index (χ0n) is 41.4. The lowest BCUT2D eigenvalue weighted by molar-refractivity contribution is -0.166. The van der Waals surface area contributed by atoms with E-state index in [1.807, 2.05) is 18.2 Å². The van der Waals surface area contributed by atoms with Gasteiger partial charge in [0, 0.05) is 12.8 Å². The normalized spacial score (nSPS) is 13.2. The molecule has 1 unspecified atom stereocenters. The van der Waals surface area contributed by atoms with Crippen molar-refractivity contribution in [3.63, 3.8) is 0 Å². The average molecular weight is 897 g/mol. The number of esters is 3. The van der Waals surface area contributed by atoms with E-state index in [1.54, 1.807) is 6.08 Å². The first-order chi connectivity index (χ1) is 32.0. The highest BCUT2D eigenvalue weighted by molar-refractivity contribution is 5.72. The third-order valence-electron chi connectivity index (χ3n) is 10.2. The van der Waals surface area contributed by atoms with Crippen LogP contribution in [0.5, 0.6) is 0 Å². The van der Waals surface area contributed by atoms with Gasteiger partial charge in [-0.2, -0.15) is 0 Å². The number of hydrogen-bond donors (Lipinski definition) is 0. The summed E-state index contributed by atoms with van der Waals surface area (Å²) in [6.07, 6.45) is 73.4. The summed E-state index contributed by atoms with van der Waals surface area (Å²) in [6.45, 7) is 6.19. The number of rotatable bonds is 44. The topological polar surface area (TPSA) is 78.9 Å². The quantitative estimate of drug-likeness (QED) is 0.0199. The molecule has 0 aliphatic heterocycles. The van der Waals surface area contributed by atoms with Crippen molar-refractivity contribution in [2.75, 3.05) is 13.2 Å². The van der Waals surface area contributed by atoms with Crippen LogP contribution in [0.4, 0.5) is 0 Å². The van der Waals surface area contributed by atoms with E-state index in [0.29, 0.717) is 6.42 Å². The summed E-state index contributed by atoms with van der Waals surface area (Å²) >= 11 is 0. The molecule has 0 aromatic carbocycles. The molecule has 0 heterocycles. The summed E-state index contributed by atoms with van der Waals surface area (Å²) in [7, 11) is 0. The van der Waals surface area contributed by atoms with Crippen molar-refractivity contribution < 1.29 is 28.6 Å². The zero-order valence-corrected chi connectivity index (χ0v) is 41.4. The molecule has 0 aliphatic carbocycles. The third kappa shape index (κ3) is 50.4. The highest BCUT2D eigenvalue weighted by Gasteiger charge is 2.19. The average Bonchev–Trinajstić information content (AvgIpc) is 3.30. The smallest absolute Gasteiger partial charge is 0.309 e. The first-order valence-electron chi connectivity index (χ1n) is 25.7. The molecule has 0 saturated heterocycles. The number of carbonyl (C=O) groups is 3. The van der Waals surface area contributed by atoms with Crippen LogP contribution in [-0.2, 0) is 28.6 Å². The molecule has 364 valence electrons. The van der Waals surface area contributed by atoms with Gasteiger partial charge >= 0.3 is 17.9 Å². The standard InChI is InChI=1S/C59H92O6/c1-4-7-10-13-16-19-21-23-25-27-29-31-33-35-37-40-43-46-49-52-58(61)64-55-56(54-63-57(60)51-48-45-42-39-18-15-12-9-6-3)65-59(62)53-50-47-44-41-38-36-34-32-30-28-26-24-22-20-17-14-11-8-5-2/h7,9-10,12,16-20,22-25,29,31,35,37,39,43,45-46,48,56H,4-6,8,11,13-15,21,26-28,30,32-34,36,38,40-42,44,47,49-55H2,1-3H3/b10-7-,12-9-,19-16-,20-17-,24-22-,25-23-,31-29-,37-35-,39-18-,46-43-,48-45-. The molecule has 0 radical (unpaired) electrons. The summed E-state index contributed by atoms with van der Waals surface area (Å²) in [5.41, 5.74) is 0. The predicted molar refractivity (Wildman–Crippen MR) is 279 cm³/mol. The van der Waals surface area contributed by atoms with Crippen LogP contribution in [0.15, 0.2) is 134 Å². The van der Waals surface area contributed by atoms with Gasteiger partial charge in [-0.15, -0.1) is 0 Å². The highest BCUT2D eigenvalue weighted by atomic mass is 16.6. The maximum atomic E-state index is 12.8. The first-order valence-corrected chi connectivity index (χ1v) is 25.7. The fourth-order valence-electron chi connectivity index (χ4n) is 6.40. The molecule has 0 spiro atoms. The van der Waals surface area contributed by atoms with Gasteiger partial charge in [0.2, 0.25) is 0 Å². The maximum absolute atomic E-state index is 12.8. The van der Waals surface area contributed by atoms with Gasteiger partial charge in [-0.3, -0.25) is 14.4 Å². The predicted octanol–water partition coefficient (Wildman–Crippen LogP) is 17.1. The van der Waals surface area contributed by atoms with Crippen molar-refractivity contribution in [1.82, 2.24) is 0 Å². The van der Waals surface area contributed by atoms with E-state index >= 15 is 0 Å². The van der Waals surface area contributed by atoms with E-state index < -0.39 is 12.1 Å². The van der Waals surface area contributed by atoms with Gasteiger partial charge in [0.1, 0.15) is 13.2 Å². The summed E-state index contributed by atoms with van der Waals surface area (Å²) in [4.78, 5) is 37.8. The van der Waals surface area contributed by atoms with Gasteiger partial charge in [-0.05, 0) is 96.3 Å². The molecule has 0 N–H and O–H groups in total. The number of ether oxygens (including phenoxy) is 3. The third-order valence-corrected chi connectivity index (χ3v) is 10.2. The van der Waals surface area contributed by atoms with Crippen LogP contribution < -0.4 is 0 Å². The van der Waals surface area contributed by atoms with E-state index in [-0.39, 0.29) is 44.4 Å². The second kappa shape index (κ2) is 52.2. The monoisotopic (exact) mass is 897 g/mol. The van der Waals surface area contributed by atoms with Gasteiger partial charge in [-0.1, -0.05) is 219 Å². The lowest BCUT2D eigenvalue weighted by Crippen LogP contribution is -2.30. The van der Waals surface area contributed by atoms with E-state index in [4.69, 9.17) is 14.2 Å². The van der Waals surface area contributed by atoms with Crippen LogP contribution in [0.25, 0.3) is 0 Å². The van der Waals surface area contributed by atoms with Crippen LogP contribution in [0.2, 0.25) is 0 Å². The fraction of sp³-hybridized carbons (Fsp3) is 0.576. The van der Waals surface area contributed by atoms with Gasteiger partial charge in [0.15, 0.2) is 6.10 Å². The Hall–Kier alpha value is -4.45. The minimum absolute atomic E-state index is 0.116. The van der Waals surface area contributed by atoms with Gasteiger partial charge in [0.25, 0.3) is 0 Å². The Balaban J connectivity index is 4.50. The lowest BCUT2D eigenvalue weighted by atomic mass is 10.1. The molecule has 6 heteroatoms. The Morgan fingerprint density at radius 1 is 0.354 bits per heavy atom. The van der Waals surface area contributed by atoms with Gasteiger partial charge < -0.3 is 14.2 Å². The Morgan fingerprint density at radius 2 is 0.738 bits per heavy atom. The summed E-state index contributed by atoms with van der Waals surface area (Å²) in [6, 6.07) is 0. The molecule has 0 aromatic rings. The van der Waals surface area contributed by atoms with Crippen molar-refractivity contribution >= 4 is 17.9 Å². The van der Waals surface area contributed by atoms with Crippen molar-refractivity contribution in [3.8, 4) is 0 Å². The molecule has 65 heavy (non-hydrogen) atoms. The Kier molecular flexibility index (Phi) is 48.6. The minimum Gasteiger partial charge on any atom is -0.462 e. The van der Waals surface area contributed by atoms with Gasteiger partial charge in [0.05, 0.1) is 6.42 Å². The number of unbranched alkanes of at least 4 members (excludes halogenated alkanes) is 13. The van der Waals surface area contributed by atoms with Crippen LogP contribution in [0, 0.1) is 0 Å². The minimum atomic E-state index is -0.849. The van der Waals surface area contributed by atoms with Crippen LogP contribution in [0.3, 0.4) is 0 Å². The Bertz CT molecular complexity index is 1450. The molecular weight excluding hydrogens is 805 g/mol. The van der Waals surface area contributed by atoms with E-state index in [0.717, 1.165) is 83.5 Å². The van der Waals surface area contributed by atoms with Crippen molar-refractivity contribution in [2.24, 2.45) is 0 Å². The maximum Gasteiger partial charge on any atom is 0.309 e. The second-order valence-electron chi connectivity index (χ2n) is 16.4. The molecular formula is C59H92O6. The lowest BCUT2D eigenvalue weighted by Gasteiger charge is -2.18. The van der Waals surface area contributed by atoms with E-state index in [1.165, 1.54) is 70.6 Å². The summed E-state index contributed by atoms with van der Waals surface area (Å²) in [5.74, 6) is -1.17. The van der Waals surface area contributed by atoms with E-state index in [2.05, 4.69) is 130 Å². The fourth-order valence-corrected chi connectivity index (χ4v) is 6.40. The van der Waals surface area contributed by atoms with Crippen LogP contribution in [-0.4, -0.2) is 37.2 Å². The largest absolute Gasteiger partial charge is 0.462 e. The van der Waals surface area contributed by atoms with Crippen molar-refractivity contribution in [2.45, 2.75) is 207 Å². The van der Waals surface area contributed by atoms with Crippen LogP contribution in [0.1, 0.15) is 201 Å². The molecule has 0 amide bonds. The molecule has 0 rings (SSSR count). The van der Waals surface area contributed by atoms with Gasteiger partial charge in [-0.25, -0.2) is 0 Å². The first kappa shape index (κ1) is 60.5. The van der Waals surface area contributed by atoms with Crippen LogP contribution >= 0.6 is 0 Å².